The van der Waals surface area contributed by atoms with Crippen LogP contribution in [-0.2, 0) is 10.9 Å². The second-order valence-corrected chi connectivity index (χ2v) is 5.81. The predicted molar refractivity (Wildman–Crippen MR) is 74.7 cm³/mol. The number of carbonyl (C=O) groups is 1. The molecule has 1 aromatic carbocycles. The van der Waals surface area contributed by atoms with Crippen molar-refractivity contribution < 1.29 is 22.7 Å². The number of rotatable bonds is 1. The zero-order valence-electron chi connectivity index (χ0n) is 11.3. The Balaban J connectivity index is 0.00000220. The maximum Gasteiger partial charge on any atom is 0.416 e. The summed E-state index contributed by atoms with van der Waals surface area (Å²) in [4.78, 5) is 11.3. The van der Waals surface area contributed by atoms with E-state index in [1.807, 2.05) is 0 Å². The van der Waals surface area contributed by atoms with E-state index in [0.717, 1.165) is 6.07 Å². The lowest BCUT2D eigenvalue weighted by Gasteiger charge is -2.39. The molecule has 1 aromatic rings. The number of cyclic esters (lactones) is 1. The van der Waals surface area contributed by atoms with Crippen LogP contribution in [-0.4, -0.2) is 12.7 Å². The summed E-state index contributed by atoms with van der Waals surface area (Å²) < 4.78 is 44.2. The number of hydrogen-bond donors (Lipinski definition) is 1. The van der Waals surface area contributed by atoms with Crippen LogP contribution >= 0.6 is 24.0 Å². The van der Waals surface area contributed by atoms with Gasteiger partial charge < -0.3 is 10.1 Å². The first-order valence-corrected chi connectivity index (χ1v) is 6.29. The van der Waals surface area contributed by atoms with Crippen LogP contribution in [0.15, 0.2) is 18.2 Å². The van der Waals surface area contributed by atoms with Gasteiger partial charge >= 0.3 is 12.3 Å². The van der Waals surface area contributed by atoms with Crippen molar-refractivity contribution in [2.24, 2.45) is 5.41 Å². The van der Waals surface area contributed by atoms with E-state index in [2.05, 4.69) is 5.32 Å². The molecule has 118 valence electrons. The Bertz CT molecular complexity index is 547. The number of carbonyl (C=O) groups excluding carboxylic acids is 1. The molecule has 0 aliphatic carbocycles. The largest absolute Gasteiger partial charge is 0.449 e. The van der Waals surface area contributed by atoms with Gasteiger partial charge in [-0.1, -0.05) is 31.5 Å². The van der Waals surface area contributed by atoms with E-state index >= 15 is 0 Å². The van der Waals surface area contributed by atoms with E-state index in [0.29, 0.717) is 0 Å². The van der Waals surface area contributed by atoms with Crippen LogP contribution in [0.4, 0.5) is 18.0 Å². The number of ether oxygens (including phenoxy) is 1. The van der Waals surface area contributed by atoms with Crippen LogP contribution in [0.25, 0.3) is 0 Å². The zero-order valence-corrected chi connectivity index (χ0v) is 12.8. The van der Waals surface area contributed by atoms with E-state index in [9.17, 15) is 18.0 Å². The minimum absolute atomic E-state index is 0. The number of benzene rings is 1. The van der Waals surface area contributed by atoms with E-state index < -0.39 is 29.3 Å². The van der Waals surface area contributed by atoms with Crippen LogP contribution < -0.4 is 5.32 Å². The molecule has 0 aromatic heterocycles. The Hall–Kier alpha value is -1.14. The number of amides is 1. The third-order valence-electron chi connectivity index (χ3n) is 3.25. The third-order valence-corrected chi connectivity index (χ3v) is 3.49. The average molecular weight is 344 g/mol. The summed E-state index contributed by atoms with van der Waals surface area (Å²) >= 11 is 5.65. The molecular formula is C13H14Cl2F3NO2. The highest BCUT2D eigenvalue weighted by Gasteiger charge is 2.43. The van der Waals surface area contributed by atoms with Gasteiger partial charge in [0.25, 0.3) is 0 Å². The summed E-state index contributed by atoms with van der Waals surface area (Å²) in [5.41, 5.74) is -1.52. The smallest absolute Gasteiger partial charge is 0.416 e. The fourth-order valence-corrected chi connectivity index (χ4v) is 2.39. The summed E-state index contributed by atoms with van der Waals surface area (Å²) in [6.45, 7) is 3.50. The van der Waals surface area contributed by atoms with Crippen LogP contribution in [0.3, 0.4) is 0 Å². The van der Waals surface area contributed by atoms with Gasteiger partial charge in [0, 0.05) is 10.4 Å². The maximum atomic E-state index is 13.1. The first kappa shape index (κ1) is 17.9. The van der Waals surface area contributed by atoms with Crippen molar-refractivity contribution in [1.82, 2.24) is 5.32 Å². The first-order chi connectivity index (χ1) is 9.11. The van der Waals surface area contributed by atoms with Crippen molar-refractivity contribution in [3.05, 3.63) is 34.3 Å². The van der Waals surface area contributed by atoms with Gasteiger partial charge in [-0.3, -0.25) is 0 Å². The number of nitrogens with one attached hydrogen (secondary N) is 1. The van der Waals surface area contributed by atoms with Gasteiger partial charge in [-0.05, 0) is 17.7 Å². The van der Waals surface area contributed by atoms with Gasteiger partial charge in [-0.15, -0.1) is 12.4 Å². The molecule has 0 saturated carbocycles. The standard InChI is InChI=1S/C13H13ClF3NO2.ClH/c1-12(2)6-20-11(19)18-10(12)8-4-3-7(14)5-9(8)13(15,16)17;/h3-5,10H,6H2,1-2H3,(H,18,19);1H/t10-;/m1./s1. The number of alkyl halides is 3. The quantitative estimate of drug-likeness (QED) is 0.809. The van der Waals surface area contributed by atoms with Crippen LogP contribution in [0.2, 0.25) is 5.02 Å². The molecule has 0 unspecified atom stereocenters. The molecule has 1 heterocycles. The van der Waals surface area contributed by atoms with Crippen molar-refractivity contribution in [3.8, 4) is 0 Å². The molecule has 1 fully saturated rings. The first-order valence-electron chi connectivity index (χ1n) is 5.91. The molecule has 1 aliphatic rings. The van der Waals surface area contributed by atoms with Crippen LogP contribution in [0.5, 0.6) is 0 Å². The topological polar surface area (TPSA) is 38.3 Å². The minimum atomic E-state index is -4.54. The van der Waals surface area contributed by atoms with E-state index in [1.165, 1.54) is 12.1 Å². The molecule has 0 spiro atoms. The van der Waals surface area contributed by atoms with Gasteiger partial charge in [0.1, 0.15) is 6.61 Å². The molecular weight excluding hydrogens is 330 g/mol. The number of hydrogen-bond acceptors (Lipinski definition) is 2. The van der Waals surface area contributed by atoms with Crippen LogP contribution in [0.1, 0.15) is 31.0 Å². The molecule has 0 radical (unpaired) electrons. The second-order valence-electron chi connectivity index (χ2n) is 5.37. The maximum absolute atomic E-state index is 13.1. The fourth-order valence-electron chi connectivity index (χ4n) is 2.21. The monoisotopic (exact) mass is 343 g/mol. The second kappa shape index (κ2) is 5.93. The highest BCUT2D eigenvalue weighted by Crippen LogP contribution is 2.43. The van der Waals surface area contributed by atoms with Gasteiger partial charge in [0.2, 0.25) is 0 Å². The van der Waals surface area contributed by atoms with E-state index in [4.69, 9.17) is 16.3 Å². The fraction of sp³-hybridized carbons (Fsp3) is 0.462. The lowest BCUT2D eigenvalue weighted by atomic mass is 9.79. The van der Waals surface area contributed by atoms with Crippen molar-refractivity contribution >= 4 is 30.1 Å². The SMILES string of the molecule is CC1(C)COC(=O)N[C@@H]1c1ccc(Cl)cc1C(F)(F)F.Cl. The van der Waals surface area contributed by atoms with Crippen LogP contribution in [0, 0.1) is 5.41 Å². The van der Waals surface area contributed by atoms with Crippen molar-refractivity contribution in [1.29, 1.82) is 0 Å². The molecule has 21 heavy (non-hydrogen) atoms. The third kappa shape index (κ3) is 3.74. The van der Waals surface area contributed by atoms with E-state index in [-0.39, 0.29) is 29.6 Å². The summed E-state index contributed by atoms with van der Waals surface area (Å²) in [7, 11) is 0. The normalized spacial score (nSPS) is 21.0. The predicted octanol–water partition coefficient (Wildman–Crippen LogP) is 4.59. The molecule has 2 rings (SSSR count). The summed E-state index contributed by atoms with van der Waals surface area (Å²) in [5.74, 6) is 0. The summed E-state index contributed by atoms with van der Waals surface area (Å²) in [5, 5.41) is 2.45. The van der Waals surface area contributed by atoms with Gasteiger partial charge in [0.05, 0.1) is 11.6 Å². The molecule has 0 bridgehead atoms. The molecule has 1 N–H and O–H groups in total. The van der Waals surface area contributed by atoms with E-state index in [1.54, 1.807) is 13.8 Å². The molecule has 1 amide bonds. The van der Waals surface area contributed by atoms with Crippen molar-refractivity contribution in [2.75, 3.05) is 6.61 Å². The molecule has 1 saturated heterocycles. The summed E-state index contributed by atoms with van der Waals surface area (Å²) in [6.07, 6.45) is -5.27. The number of halogens is 5. The molecule has 1 aliphatic heterocycles. The van der Waals surface area contributed by atoms with Crippen molar-refractivity contribution in [3.63, 3.8) is 0 Å². The number of alkyl carbamates (subject to hydrolysis) is 1. The zero-order chi connectivity index (χ0) is 15.1. The van der Waals surface area contributed by atoms with Gasteiger partial charge in [-0.2, -0.15) is 13.2 Å². The van der Waals surface area contributed by atoms with Crippen molar-refractivity contribution in [2.45, 2.75) is 26.1 Å². The molecule has 8 heteroatoms. The lowest BCUT2D eigenvalue weighted by Crippen LogP contribution is -2.47. The van der Waals surface area contributed by atoms with Gasteiger partial charge in [-0.25, -0.2) is 4.79 Å². The Labute approximate surface area is 131 Å². The molecule has 1 atom stereocenters. The highest BCUT2D eigenvalue weighted by atomic mass is 35.5. The lowest BCUT2D eigenvalue weighted by molar-refractivity contribution is -0.139. The van der Waals surface area contributed by atoms with Gasteiger partial charge in [0.15, 0.2) is 0 Å². The highest BCUT2D eigenvalue weighted by molar-refractivity contribution is 6.30. The Morgan fingerprint density at radius 3 is 2.57 bits per heavy atom. The Morgan fingerprint density at radius 1 is 1.38 bits per heavy atom. The Morgan fingerprint density at radius 2 is 2.00 bits per heavy atom. The minimum Gasteiger partial charge on any atom is -0.449 e. The average Bonchev–Trinajstić information content (AvgIpc) is 2.31. The molecule has 3 nitrogen and oxygen atoms in total. The Kier molecular flexibility index (Phi) is 5.05. The summed E-state index contributed by atoms with van der Waals surface area (Å²) in [6, 6.07) is 2.75.